The zero-order valence-corrected chi connectivity index (χ0v) is 22.3. The fourth-order valence-corrected chi connectivity index (χ4v) is 5.84. The van der Waals surface area contributed by atoms with Crippen LogP contribution >= 0.6 is 11.6 Å². The van der Waals surface area contributed by atoms with Crippen molar-refractivity contribution in [2.24, 2.45) is 0 Å². The van der Waals surface area contributed by atoms with E-state index in [2.05, 4.69) is 9.88 Å². The van der Waals surface area contributed by atoms with Gasteiger partial charge in [0.25, 0.3) is 0 Å². The molecule has 2 aliphatic heterocycles. The molecule has 0 spiro atoms. The highest BCUT2D eigenvalue weighted by molar-refractivity contribution is 6.31. The van der Waals surface area contributed by atoms with Crippen molar-refractivity contribution in [3.05, 3.63) is 57.5 Å². The van der Waals surface area contributed by atoms with E-state index in [1.807, 2.05) is 0 Å². The van der Waals surface area contributed by atoms with Crippen molar-refractivity contribution in [3.63, 3.8) is 0 Å². The van der Waals surface area contributed by atoms with E-state index in [0.29, 0.717) is 25.3 Å². The first-order valence-corrected chi connectivity index (χ1v) is 13.4. The first-order chi connectivity index (χ1) is 17.8. The number of piperidine rings is 1. The maximum absolute atomic E-state index is 15.1. The molecule has 3 atom stereocenters. The van der Waals surface area contributed by atoms with Crippen molar-refractivity contribution in [2.45, 2.75) is 102 Å². The lowest BCUT2D eigenvalue weighted by molar-refractivity contribution is -0.137. The van der Waals surface area contributed by atoms with Gasteiger partial charge in [0.2, 0.25) is 5.88 Å². The maximum Gasteiger partial charge on any atom is 0.417 e. The molecule has 206 valence electrons. The van der Waals surface area contributed by atoms with Crippen LogP contribution in [0.4, 0.5) is 17.6 Å². The van der Waals surface area contributed by atoms with Crippen LogP contribution in [-0.2, 0) is 17.5 Å². The second kappa shape index (κ2) is 9.97. The number of halogens is 5. The number of carbonyl (C=O) groups excluding carboxylic acids is 1. The SMILES string of the molecule is CC(C)(C)OC(=O)c1cc(C2CC2)c(CN2[C@@H]3CC[C@H]2C[C@@H](Oc2ncc(C(F)(F)F)cc2Cl)C3)cc1F. The van der Waals surface area contributed by atoms with Crippen LogP contribution in [0.25, 0.3) is 0 Å². The molecule has 3 aliphatic rings. The topological polar surface area (TPSA) is 51.7 Å². The third kappa shape index (κ3) is 5.93. The van der Waals surface area contributed by atoms with E-state index < -0.39 is 29.1 Å². The Bertz CT molecular complexity index is 1210. The molecule has 0 N–H and O–H groups in total. The zero-order valence-electron chi connectivity index (χ0n) is 21.6. The summed E-state index contributed by atoms with van der Waals surface area (Å²) in [4.78, 5) is 18.8. The van der Waals surface area contributed by atoms with E-state index >= 15 is 4.39 Å². The standard InChI is InChI=1S/C28H31ClF4N2O3/c1-27(2,3)38-26(36)22-12-21(15-4-5-15)16(8-24(22)30)14-35-18-6-7-19(35)11-20(10-18)37-25-23(29)9-17(13-34-25)28(31,32)33/h8-9,12-13,15,18-20H,4-7,10-11,14H2,1-3H3/t18-,19+,20+. The summed E-state index contributed by atoms with van der Waals surface area (Å²) < 4.78 is 65.3. The molecular formula is C28H31ClF4N2O3. The Hall–Kier alpha value is -2.39. The monoisotopic (exact) mass is 554 g/mol. The average Bonchev–Trinajstić information content (AvgIpc) is 3.60. The van der Waals surface area contributed by atoms with Crippen LogP contribution in [0.1, 0.15) is 92.3 Å². The highest BCUT2D eigenvalue weighted by Gasteiger charge is 2.43. The predicted octanol–water partition coefficient (Wildman–Crippen LogP) is 7.30. The molecule has 5 nitrogen and oxygen atoms in total. The van der Waals surface area contributed by atoms with Crippen LogP contribution in [0.3, 0.4) is 0 Å². The Morgan fingerprint density at radius 1 is 1.08 bits per heavy atom. The first kappa shape index (κ1) is 27.2. The molecule has 3 heterocycles. The largest absolute Gasteiger partial charge is 0.473 e. The van der Waals surface area contributed by atoms with Crippen molar-refractivity contribution in [2.75, 3.05) is 0 Å². The molecule has 5 rings (SSSR count). The van der Waals surface area contributed by atoms with Crippen LogP contribution in [0, 0.1) is 5.82 Å². The summed E-state index contributed by atoms with van der Waals surface area (Å²) in [7, 11) is 0. The fraction of sp³-hybridized carbons (Fsp3) is 0.571. The van der Waals surface area contributed by atoms with Gasteiger partial charge >= 0.3 is 12.1 Å². The third-order valence-corrected chi connectivity index (χ3v) is 7.74. The van der Waals surface area contributed by atoms with E-state index in [0.717, 1.165) is 49.1 Å². The van der Waals surface area contributed by atoms with Crippen molar-refractivity contribution in [1.29, 1.82) is 0 Å². The van der Waals surface area contributed by atoms with Crippen LogP contribution < -0.4 is 4.74 Å². The molecule has 2 saturated heterocycles. The molecule has 0 radical (unpaired) electrons. The van der Waals surface area contributed by atoms with Gasteiger partial charge in [-0.15, -0.1) is 0 Å². The third-order valence-electron chi connectivity index (χ3n) is 7.47. The zero-order chi connectivity index (χ0) is 27.4. The summed E-state index contributed by atoms with van der Waals surface area (Å²) in [6.45, 7) is 5.83. The molecule has 1 saturated carbocycles. The molecule has 1 aromatic carbocycles. The molecule has 2 aromatic rings. The van der Waals surface area contributed by atoms with Crippen LogP contribution in [0.15, 0.2) is 24.4 Å². The number of ether oxygens (including phenoxy) is 2. The molecule has 3 fully saturated rings. The van der Waals surface area contributed by atoms with E-state index in [-0.39, 0.29) is 34.7 Å². The van der Waals surface area contributed by atoms with Gasteiger partial charge < -0.3 is 9.47 Å². The summed E-state index contributed by atoms with van der Waals surface area (Å²) in [6.07, 6.45) is 1.26. The number of carbonyl (C=O) groups is 1. The molecule has 0 amide bonds. The van der Waals surface area contributed by atoms with E-state index in [9.17, 15) is 18.0 Å². The summed E-state index contributed by atoms with van der Waals surface area (Å²) in [5, 5.41) is -0.163. The molecule has 10 heteroatoms. The second-order valence-corrected chi connectivity index (χ2v) is 12.0. The van der Waals surface area contributed by atoms with E-state index in [4.69, 9.17) is 21.1 Å². The Morgan fingerprint density at radius 2 is 1.74 bits per heavy atom. The summed E-state index contributed by atoms with van der Waals surface area (Å²) >= 11 is 6.05. The Kier molecular flexibility index (Phi) is 7.14. The van der Waals surface area contributed by atoms with Crippen molar-refractivity contribution >= 4 is 17.6 Å². The van der Waals surface area contributed by atoms with E-state index in [1.165, 1.54) is 6.07 Å². The average molecular weight is 555 g/mol. The first-order valence-electron chi connectivity index (χ1n) is 13.0. The minimum Gasteiger partial charge on any atom is -0.473 e. The van der Waals surface area contributed by atoms with Gasteiger partial charge in [-0.2, -0.15) is 13.2 Å². The van der Waals surface area contributed by atoms with Gasteiger partial charge in [-0.25, -0.2) is 14.2 Å². The van der Waals surface area contributed by atoms with Crippen LogP contribution in [0.5, 0.6) is 5.88 Å². The van der Waals surface area contributed by atoms with Gasteiger partial charge in [0, 0.05) is 24.8 Å². The maximum atomic E-state index is 15.1. The van der Waals surface area contributed by atoms with Gasteiger partial charge in [-0.1, -0.05) is 11.6 Å². The quantitative estimate of drug-likeness (QED) is 0.277. The second-order valence-electron chi connectivity index (χ2n) is 11.6. The number of benzene rings is 1. The number of fused-ring (bicyclic) bond motifs is 2. The number of aromatic nitrogens is 1. The summed E-state index contributed by atoms with van der Waals surface area (Å²) in [5.41, 5.74) is 0.239. The molecular weight excluding hydrogens is 524 g/mol. The molecule has 1 aliphatic carbocycles. The number of alkyl halides is 3. The summed E-state index contributed by atoms with van der Waals surface area (Å²) in [6, 6.07) is 4.37. The Labute approximate surface area is 224 Å². The Morgan fingerprint density at radius 3 is 2.29 bits per heavy atom. The van der Waals surface area contributed by atoms with Gasteiger partial charge in [-0.3, -0.25) is 4.90 Å². The number of hydrogen-bond acceptors (Lipinski definition) is 5. The molecule has 38 heavy (non-hydrogen) atoms. The lowest BCUT2D eigenvalue weighted by Crippen LogP contribution is -2.46. The molecule has 1 aromatic heterocycles. The number of pyridine rings is 1. The van der Waals surface area contributed by atoms with Crippen LogP contribution in [-0.4, -0.2) is 39.6 Å². The molecule has 0 unspecified atom stereocenters. The van der Waals surface area contributed by atoms with Gasteiger partial charge in [0.05, 0.1) is 11.1 Å². The summed E-state index contributed by atoms with van der Waals surface area (Å²) in [5.74, 6) is -0.907. The highest BCUT2D eigenvalue weighted by Crippen LogP contribution is 2.45. The van der Waals surface area contributed by atoms with Crippen LogP contribution in [0.2, 0.25) is 5.02 Å². The lowest BCUT2D eigenvalue weighted by atomic mass is 9.95. The fourth-order valence-electron chi connectivity index (χ4n) is 5.63. The minimum absolute atomic E-state index is 0.00772. The normalized spacial score (nSPS) is 23.9. The number of nitrogens with zero attached hydrogens (tertiary/aromatic N) is 2. The van der Waals surface area contributed by atoms with Gasteiger partial charge in [0.1, 0.15) is 22.5 Å². The molecule has 2 bridgehead atoms. The van der Waals surface area contributed by atoms with Crippen molar-refractivity contribution < 1.29 is 31.8 Å². The van der Waals surface area contributed by atoms with Gasteiger partial charge in [0.15, 0.2) is 0 Å². The number of rotatable bonds is 6. The van der Waals surface area contributed by atoms with Crippen molar-refractivity contribution in [3.8, 4) is 5.88 Å². The smallest absolute Gasteiger partial charge is 0.417 e. The van der Waals surface area contributed by atoms with Gasteiger partial charge in [-0.05, 0) is 94.5 Å². The highest BCUT2D eigenvalue weighted by atomic mass is 35.5. The van der Waals surface area contributed by atoms with Crippen molar-refractivity contribution in [1.82, 2.24) is 9.88 Å². The number of esters is 1. The number of hydrogen-bond donors (Lipinski definition) is 0. The predicted molar refractivity (Wildman–Crippen MR) is 134 cm³/mol. The van der Waals surface area contributed by atoms with E-state index in [1.54, 1.807) is 26.8 Å². The minimum atomic E-state index is -4.52. The Balaban J connectivity index is 1.29. The lowest BCUT2D eigenvalue weighted by Gasteiger charge is -2.39.